The number of hydrogen-bond acceptors (Lipinski definition) is 3. The topological polar surface area (TPSA) is 30.5 Å². The van der Waals surface area contributed by atoms with Crippen LogP contribution in [0.2, 0.25) is 0 Å². The van der Waals surface area contributed by atoms with Gasteiger partial charge in [-0.25, -0.2) is 10.3 Å². The van der Waals surface area contributed by atoms with Crippen molar-refractivity contribution in [2.24, 2.45) is 0 Å². The molecule has 1 fully saturated rings. The number of rotatable bonds is 0. The van der Waals surface area contributed by atoms with Crippen LogP contribution in [0.15, 0.2) is 12.5 Å². The third kappa shape index (κ3) is 0.838. The number of nitrogens with one attached hydrogen (secondary N) is 1. The van der Waals surface area contributed by atoms with Crippen LogP contribution in [-0.4, -0.2) is 6.29 Å². The van der Waals surface area contributed by atoms with E-state index in [1.54, 1.807) is 6.92 Å². The van der Waals surface area contributed by atoms with E-state index in [0.29, 0.717) is 5.88 Å². The van der Waals surface area contributed by atoms with Crippen molar-refractivity contribution in [2.75, 3.05) is 0 Å². The minimum absolute atomic E-state index is 0.188. The third-order valence-electron chi connectivity index (χ3n) is 0.647. The smallest absolute Gasteiger partial charge is 0.222 e. The molecular weight excluding hydrogens is 94.0 g/mol. The molecule has 1 N–H and O–H groups in total. The van der Waals surface area contributed by atoms with Gasteiger partial charge in [0.15, 0.2) is 0 Å². The van der Waals surface area contributed by atoms with Gasteiger partial charge < -0.3 is 4.74 Å². The first kappa shape index (κ1) is 4.46. The second kappa shape index (κ2) is 1.42. The van der Waals surface area contributed by atoms with Crippen molar-refractivity contribution in [2.45, 2.75) is 13.2 Å². The summed E-state index contributed by atoms with van der Waals surface area (Å²) in [5.74, 6) is 0.479. The minimum atomic E-state index is -0.188. The molecule has 1 saturated heterocycles. The lowest BCUT2D eigenvalue weighted by Crippen LogP contribution is -2.04. The van der Waals surface area contributed by atoms with Crippen molar-refractivity contribution < 1.29 is 9.57 Å². The highest BCUT2D eigenvalue weighted by molar-refractivity contribution is 4.77. The molecule has 1 unspecified atom stereocenters. The van der Waals surface area contributed by atoms with Crippen molar-refractivity contribution in [1.82, 2.24) is 5.48 Å². The van der Waals surface area contributed by atoms with E-state index in [-0.39, 0.29) is 6.29 Å². The Labute approximate surface area is 41.9 Å². The van der Waals surface area contributed by atoms with Crippen molar-refractivity contribution >= 4 is 0 Å². The quantitative estimate of drug-likeness (QED) is 0.477. The maximum atomic E-state index is 4.83. The summed E-state index contributed by atoms with van der Waals surface area (Å²) in [5, 5.41) is 0. The van der Waals surface area contributed by atoms with Gasteiger partial charge in [0.2, 0.25) is 12.2 Å². The molecule has 1 heterocycles. The molecule has 0 saturated carbocycles. The summed E-state index contributed by atoms with van der Waals surface area (Å²) in [7, 11) is 0. The van der Waals surface area contributed by atoms with Gasteiger partial charge in [-0.2, -0.15) is 0 Å². The van der Waals surface area contributed by atoms with Gasteiger partial charge in [-0.05, 0) is 6.58 Å². The zero-order valence-electron chi connectivity index (χ0n) is 4.10. The molecule has 0 spiro atoms. The van der Waals surface area contributed by atoms with Gasteiger partial charge in [-0.3, -0.25) is 0 Å². The lowest BCUT2D eigenvalue weighted by atomic mass is 10.8. The van der Waals surface area contributed by atoms with E-state index in [9.17, 15) is 0 Å². The number of ether oxygens (including phenoxy) is 1. The Kier molecular flexibility index (Phi) is 0.906. The van der Waals surface area contributed by atoms with Gasteiger partial charge in [0, 0.05) is 6.92 Å². The van der Waals surface area contributed by atoms with Crippen LogP contribution in [0.3, 0.4) is 0 Å². The summed E-state index contributed by atoms with van der Waals surface area (Å²) >= 11 is 0. The summed E-state index contributed by atoms with van der Waals surface area (Å²) in [6.45, 7) is 5.23. The average Bonchev–Trinajstić information content (AvgIpc) is 1.87. The number of hydroxylamine groups is 1. The van der Waals surface area contributed by atoms with E-state index in [0.717, 1.165) is 0 Å². The zero-order valence-corrected chi connectivity index (χ0v) is 4.10. The Morgan fingerprint density at radius 2 is 2.57 bits per heavy atom. The van der Waals surface area contributed by atoms with Crippen LogP contribution in [0, 0.1) is 0 Å². The Morgan fingerprint density at radius 3 is 2.71 bits per heavy atom. The lowest BCUT2D eigenvalue weighted by molar-refractivity contribution is -0.0444. The molecule has 0 amide bonds. The Bertz CT molecular complexity index is 91.7. The van der Waals surface area contributed by atoms with Crippen LogP contribution in [-0.2, 0) is 9.57 Å². The largest absolute Gasteiger partial charge is 0.447 e. The Hall–Kier alpha value is -0.700. The predicted octanol–water partition coefficient (Wildman–Crippen LogP) is 0.355. The van der Waals surface area contributed by atoms with Gasteiger partial charge in [-0.15, -0.1) is 0 Å². The fourth-order valence-corrected chi connectivity index (χ4v) is 0.397. The van der Waals surface area contributed by atoms with Crippen molar-refractivity contribution in [3.8, 4) is 0 Å². The molecule has 40 valence electrons. The van der Waals surface area contributed by atoms with E-state index in [2.05, 4.69) is 12.1 Å². The molecule has 1 aliphatic rings. The summed E-state index contributed by atoms with van der Waals surface area (Å²) in [6.07, 6.45) is -0.188. The first-order chi connectivity index (χ1) is 3.29. The van der Waals surface area contributed by atoms with E-state index in [1.807, 2.05) is 0 Å². The molecule has 0 bridgehead atoms. The third-order valence-corrected chi connectivity index (χ3v) is 0.647. The molecular formula is C4H7NO2. The van der Waals surface area contributed by atoms with Gasteiger partial charge in [0.1, 0.15) is 0 Å². The molecule has 1 aliphatic heterocycles. The maximum absolute atomic E-state index is 4.83. The summed E-state index contributed by atoms with van der Waals surface area (Å²) in [6, 6.07) is 0. The highest BCUT2D eigenvalue weighted by Gasteiger charge is 2.11. The van der Waals surface area contributed by atoms with Crippen LogP contribution in [0.5, 0.6) is 0 Å². The first-order valence-corrected chi connectivity index (χ1v) is 2.06. The molecule has 1 atom stereocenters. The molecule has 0 aromatic carbocycles. The van der Waals surface area contributed by atoms with Crippen LogP contribution in [0.25, 0.3) is 0 Å². The molecule has 0 radical (unpaired) electrons. The normalized spacial score (nSPS) is 29.3. The van der Waals surface area contributed by atoms with Crippen LogP contribution in [0.4, 0.5) is 0 Å². The molecule has 0 aromatic rings. The second-order valence-corrected chi connectivity index (χ2v) is 1.33. The van der Waals surface area contributed by atoms with Crippen molar-refractivity contribution in [1.29, 1.82) is 0 Å². The average molecular weight is 101 g/mol. The molecule has 7 heavy (non-hydrogen) atoms. The fraction of sp³-hybridized carbons (Fsp3) is 0.500. The SMILES string of the molecule is C=C1NOC(C)O1. The van der Waals surface area contributed by atoms with Crippen molar-refractivity contribution in [3.63, 3.8) is 0 Å². The standard InChI is InChI=1S/C4H7NO2/c1-3-5-7-4(2)6-3/h4-5H,1H2,2H3. The minimum Gasteiger partial charge on any atom is -0.447 e. The monoisotopic (exact) mass is 101 g/mol. The van der Waals surface area contributed by atoms with Gasteiger partial charge >= 0.3 is 0 Å². The van der Waals surface area contributed by atoms with E-state index in [4.69, 9.17) is 9.57 Å². The maximum Gasteiger partial charge on any atom is 0.222 e. The summed E-state index contributed by atoms with van der Waals surface area (Å²) in [5.41, 5.74) is 2.45. The molecule has 0 aliphatic carbocycles. The van der Waals surface area contributed by atoms with E-state index >= 15 is 0 Å². The van der Waals surface area contributed by atoms with Crippen LogP contribution < -0.4 is 5.48 Å². The summed E-state index contributed by atoms with van der Waals surface area (Å²) < 4.78 is 4.83. The number of hydrogen-bond donors (Lipinski definition) is 1. The molecule has 3 heteroatoms. The molecule has 3 nitrogen and oxygen atoms in total. The van der Waals surface area contributed by atoms with Crippen molar-refractivity contribution in [3.05, 3.63) is 12.5 Å². The van der Waals surface area contributed by atoms with Crippen LogP contribution >= 0.6 is 0 Å². The lowest BCUT2D eigenvalue weighted by Gasteiger charge is -1.93. The molecule has 0 aromatic heterocycles. The molecule has 1 rings (SSSR count). The van der Waals surface area contributed by atoms with Gasteiger partial charge in [0.05, 0.1) is 0 Å². The van der Waals surface area contributed by atoms with Crippen LogP contribution in [0.1, 0.15) is 6.92 Å². The Balaban J connectivity index is 2.40. The Morgan fingerprint density at radius 1 is 1.86 bits per heavy atom. The highest BCUT2D eigenvalue weighted by Crippen LogP contribution is 2.04. The van der Waals surface area contributed by atoms with E-state index < -0.39 is 0 Å². The highest BCUT2D eigenvalue weighted by atomic mass is 16.8. The first-order valence-electron chi connectivity index (χ1n) is 2.06. The predicted molar refractivity (Wildman–Crippen MR) is 23.9 cm³/mol. The van der Waals surface area contributed by atoms with Gasteiger partial charge in [0.25, 0.3) is 0 Å². The van der Waals surface area contributed by atoms with Gasteiger partial charge in [-0.1, -0.05) is 0 Å². The second-order valence-electron chi connectivity index (χ2n) is 1.33. The summed E-state index contributed by atoms with van der Waals surface area (Å²) in [4.78, 5) is 4.69. The zero-order chi connectivity index (χ0) is 5.28. The fourth-order valence-electron chi connectivity index (χ4n) is 0.397. The van der Waals surface area contributed by atoms with E-state index in [1.165, 1.54) is 0 Å².